The first kappa shape index (κ1) is 19.1. The van der Waals surface area contributed by atoms with Crippen molar-refractivity contribution in [3.8, 4) is 0 Å². The van der Waals surface area contributed by atoms with Gasteiger partial charge in [0, 0.05) is 5.02 Å². The monoisotopic (exact) mass is 438 g/mol. The van der Waals surface area contributed by atoms with Gasteiger partial charge in [0.05, 0.1) is 22.4 Å². The fourth-order valence-corrected chi connectivity index (χ4v) is 4.60. The third-order valence-electron chi connectivity index (χ3n) is 5.42. The number of rotatable bonds is 3. The number of carbonyl (C=O) groups excluding carboxylic acids is 2. The molecule has 2 aliphatic heterocycles. The van der Waals surface area contributed by atoms with E-state index in [4.69, 9.17) is 28.0 Å². The third kappa shape index (κ3) is 2.98. The highest BCUT2D eigenvalue weighted by molar-refractivity contribution is 6.38. The van der Waals surface area contributed by atoms with Crippen LogP contribution in [-0.2, 0) is 14.4 Å². The van der Waals surface area contributed by atoms with Gasteiger partial charge in [-0.05, 0) is 35.9 Å². The van der Waals surface area contributed by atoms with Gasteiger partial charge in [-0.25, -0.2) is 9.96 Å². The van der Waals surface area contributed by atoms with E-state index in [0.29, 0.717) is 10.7 Å². The number of para-hydroxylation sites is 1. The lowest BCUT2D eigenvalue weighted by atomic mass is 9.90. The van der Waals surface area contributed by atoms with Gasteiger partial charge in [0.15, 0.2) is 6.10 Å². The van der Waals surface area contributed by atoms with E-state index in [9.17, 15) is 9.59 Å². The van der Waals surface area contributed by atoms with Gasteiger partial charge in [0.25, 0.3) is 5.91 Å². The van der Waals surface area contributed by atoms with Gasteiger partial charge < -0.3 is 0 Å². The molecular weight excluding hydrogens is 423 g/mol. The van der Waals surface area contributed by atoms with Crippen molar-refractivity contribution in [1.82, 2.24) is 0 Å². The molecule has 0 bridgehead atoms. The lowest BCUT2D eigenvalue weighted by Crippen LogP contribution is -2.37. The molecule has 2 amide bonds. The van der Waals surface area contributed by atoms with Crippen LogP contribution in [0, 0.1) is 5.92 Å². The van der Waals surface area contributed by atoms with Crippen molar-refractivity contribution in [1.29, 1.82) is 0 Å². The summed E-state index contributed by atoms with van der Waals surface area (Å²) in [5, 5.41) is 2.33. The van der Waals surface area contributed by atoms with Gasteiger partial charge in [-0.3, -0.25) is 14.4 Å². The first-order valence-electron chi connectivity index (χ1n) is 9.45. The number of hydroxylamine groups is 1. The summed E-state index contributed by atoms with van der Waals surface area (Å²) in [7, 11) is 0. The van der Waals surface area contributed by atoms with Gasteiger partial charge in [-0.2, -0.15) is 0 Å². The number of fused-ring (bicyclic) bond motifs is 1. The summed E-state index contributed by atoms with van der Waals surface area (Å²) in [6.07, 6.45) is -0.936. The van der Waals surface area contributed by atoms with Gasteiger partial charge in [-0.1, -0.05) is 71.7 Å². The summed E-state index contributed by atoms with van der Waals surface area (Å²) >= 11 is 12.3. The van der Waals surface area contributed by atoms with Crippen molar-refractivity contribution in [2.75, 3.05) is 9.96 Å². The van der Waals surface area contributed by atoms with Crippen molar-refractivity contribution in [2.24, 2.45) is 5.92 Å². The number of benzene rings is 3. The summed E-state index contributed by atoms with van der Waals surface area (Å²) in [5.41, 5.74) is 1.98. The number of nitrogens with zero attached hydrogens (tertiary/aromatic N) is 2. The summed E-state index contributed by atoms with van der Waals surface area (Å²) in [4.78, 5) is 34.0. The molecule has 0 saturated carbocycles. The zero-order chi connectivity index (χ0) is 20.8. The van der Waals surface area contributed by atoms with Crippen LogP contribution in [0.4, 0.5) is 11.4 Å². The van der Waals surface area contributed by atoms with Crippen molar-refractivity contribution in [3.63, 3.8) is 0 Å². The second kappa shape index (κ2) is 7.43. The molecule has 30 heavy (non-hydrogen) atoms. The van der Waals surface area contributed by atoms with E-state index < -0.39 is 24.0 Å². The maximum atomic E-state index is 13.5. The quantitative estimate of drug-likeness (QED) is 0.537. The number of carbonyl (C=O) groups is 2. The van der Waals surface area contributed by atoms with E-state index in [2.05, 4.69) is 0 Å². The van der Waals surface area contributed by atoms with Crippen LogP contribution in [0.3, 0.4) is 0 Å². The molecule has 2 saturated heterocycles. The second-order valence-electron chi connectivity index (χ2n) is 7.18. The molecule has 150 valence electrons. The smallest absolute Gasteiger partial charge is 0.266 e. The normalized spacial score (nSPS) is 23.2. The van der Waals surface area contributed by atoms with Gasteiger partial charge in [0.1, 0.15) is 5.92 Å². The fourth-order valence-electron chi connectivity index (χ4n) is 4.10. The van der Waals surface area contributed by atoms with Crippen molar-refractivity contribution < 1.29 is 14.4 Å². The molecule has 3 aromatic rings. The number of anilines is 2. The van der Waals surface area contributed by atoms with Gasteiger partial charge in [-0.15, -0.1) is 0 Å². The average Bonchev–Trinajstić information content (AvgIpc) is 3.26. The molecule has 2 heterocycles. The Hall–Kier alpha value is -2.86. The maximum absolute atomic E-state index is 13.5. The summed E-state index contributed by atoms with van der Waals surface area (Å²) < 4.78 is 0. The molecule has 3 aromatic carbocycles. The topological polar surface area (TPSA) is 49.9 Å². The number of amides is 2. The first-order chi connectivity index (χ1) is 14.6. The first-order valence-corrected chi connectivity index (χ1v) is 10.2. The Bertz CT molecular complexity index is 1120. The maximum Gasteiger partial charge on any atom is 0.266 e. The molecule has 0 spiro atoms. The van der Waals surface area contributed by atoms with Crippen LogP contribution in [0.15, 0.2) is 78.9 Å². The minimum absolute atomic E-state index is 0.236. The number of hydrogen-bond donors (Lipinski definition) is 0. The lowest BCUT2D eigenvalue weighted by molar-refractivity contribution is -0.126. The van der Waals surface area contributed by atoms with Crippen LogP contribution in [0.2, 0.25) is 10.0 Å². The number of halogens is 2. The highest BCUT2D eigenvalue weighted by Crippen LogP contribution is 2.48. The lowest BCUT2D eigenvalue weighted by Gasteiger charge is -2.28. The second-order valence-corrected chi connectivity index (χ2v) is 8.02. The Morgan fingerprint density at radius 3 is 2.13 bits per heavy atom. The van der Waals surface area contributed by atoms with E-state index in [1.54, 1.807) is 17.2 Å². The van der Waals surface area contributed by atoms with Crippen molar-refractivity contribution in [3.05, 3.63) is 94.5 Å². The van der Waals surface area contributed by atoms with Crippen LogP contribution in [-0.4, -0.2) is 17.9 Å². The van der Waals surface area contributed by atoms with Gasteiger partial charge in [0.2, 0.25) is 5.91 Å². The number of imide groups is 1. The Morgan fingerprint density at radius 2 is 1.47 bits per heavy atom. The third-order valence-corrected chi connectivity index (χ3v) is 5.96. The summed E-state index contributed by atoms with van der Waals surface area (Å²) in [5.74, 6) is -1.48. The molecule has 3 unspecified atom stereocenters. The van der Waals surface area contributed by atoms with Crippen molar-refractivity contribution >= 4 is 46.4 Å². The summed E-state index contributed by atoms with van der Waals surface area (Å²) in [6.45, 7) is 0. The van der Waals surface area contributed by atoms with Crippen LogP contribution in [0.25, 0.3) is 0 Å². The minimum atomic E-state index is -0.936. The Labute approximate surface area is 183 Å². The molecule has 2 fully saturated rings. The molecule has 0 aromatic heterocycles. The van der Waals surface area contributed by atoms with Crippen LogP contribution < -0.4 is 9.96 Å². The van der Waals surface area contributed by atoms with Crippen LogP contribution in [0.1, 0.15) is 11.6 Å². The van der Waals surface area contributed by atoms with Crippen LogP contribution >= 0.6 is 23.2 Å². The largest absolute Gasteiger partial charge is 0.273 e. The molecule has 3 atom stereocenters. The predicted molar refractivity (Wildman–Crippen MR) is 115 cm³/mol. The van der Waals surface area contributed by atoms with Gasteiger partial charge >= 0.3 is 0 Å². The molecule has 0 N–H and O–H groups in total. The SMILES string of the molecule is O=C1C2ON(c3ccccc3)C(c3ccccc3)C2C(=O)N1c1ccc(Cl)cc1Cl. The Kier molecular flexibility index (Phi) is 4.74. The number of hydrogen-bond acceptors (Lipinski definition) is 4. The summed E-state index contributed by atoms with van der Waals surface area (Å²) in [6, 6.07) is 23.3. The molecule has 5 nitrogen and oxygen atoms in total. The standard InChI is InChI=1S/C23H16Cl2N2O3/c24-15-11-12-18(17(25)13-15)26-22(28)19-20(14-7-3-1-4-8-14)27(30-21(19)23(26)29)16-9-5-2-6-10-16/h1-13,19-21H. The molecule has 5 rings (SSSR count). The van der Waals surface area contributed by atoms with Crippen LogP contribution in [0.5, 0.6) is 0 Å². The Morgan fingerprint density at radius 1 is 0.800 bits per heavy atom. The highest BCUT2D eigenvalue weighted by Gasteiger charge is 2.60. The van der Waals surface area contributed by atoms with E-state index in [1.807, 2.05) is 60.7 Å². The van der Waals surface area contributed by atoms with E-state index in [1.165, 1.54) is 6.07 Å². The minimum Gasteiger partial charge on any atom is -0.273 e. The average molecular weight is 439 g/mol. The molecular formula is C23H16Cl2N2O3. The molecule has 2 aliphatic rings. The van der Waals surface area contributed by atoms with E-state index in [0.717, 1.165) is 16.2 Å². The molecule has 0 aliphatic carbocycles. The Balaban J connectivity index is 1.59. The zero-order valence-corrected chi connectivity index (χ0v) is 17.1. The van der Waals surface area contributed by atoms with Crippen molar-refractivity contribution in [2.45, 2.75) is 12.1 Å². The molecule has 0 radical (unpaired) electrons. The fraction of sp³-hybridized carbons (Fsp3) is 0.130. The molecule has 7 heteroatoms. The zero-order valence-electron chi connectivity index (χ0n) is 15.6. The van der Waals surface area contributed by atoms with E-state index >= 15 is 0 Å². The van der Waals surface area contributed by atoms with E-state index in [-0.39, 0.29) is 10.9 Å². The predicted octanol–water partition coefficient (Wildman–Crippen LogP) is 5.04. The highest BCUT2D eigenvalue weighted by atomic mass is 35.5.